The Morgan fingerprint density at radius 3 is 2.59 bits per heavy atom. The van der Waals surface area contributed by atoms with E-state index < -0.39 is 5.97 Å². The van der Waals surface area contributed by atoms with E-state index in [4.69, 9.17) is 21.2 Å². The molecule has 0 saturated heterocycles. The van der Waals surface area contributed by atoms with Crippen LogP contribution in [0.25, 0.3) is 28.2 Å². The van der Waals surface area contributed by atoms with E-state index in [1.165, 1.54) is 10.6 Å². The minimum atomic E-state index is -1.04. The molecule has 0 amide bonds. The highest BCUT2D eigenvalue weighted by Crippen LogP contribution is 2.37. The van der Waals surface area contributed by atoms with Crippen LogP contribution in [0.3, 0.4) is 0 Å². The van der Waals surface area contributed by atoms with E-state index in [0.717, 1.165) is 17.0 Å². The number of aliphatic carboxylic acids is 1. The molecule has 0 aliphatic carbocycles. The molecule has 1 N–H and O–H groups in total. The van der Waals surface area contributed by atoms with Crippen molar-refractivity contribution in [3.05, 3.63) is 82.2 Å². The standard InChI is InChI=1S/C25H21ClN2O4/c1-14(2)24-22(23(27-32-24)21-15(3)6-4-8-18(21)26)25(31)28-13-12-17-16(10-11-20(29)30)7-5-9-19(17)28/h4-14H,1-3H3,(H,29,30)/b11-10+. The summed E-state index contributed by atoms with van der Waals surface area (Å²) in [6.07, 6.45) is 4.26. The predicted molar refractivity (Wildman–Crippen MR) is 124 cm³/mol. The highest BCUT2D eigenvalue weighted by molar-refractivity contribution is 6.33. The van der Waals surface area contributed by atoms with Crippen LogP contribution >= 0.6 is 11.6 Å². The first-order valence-electron chi connectivity index (χ1n) is 10.1. The minimum Gasteiger partial charge on any atom is -0.478 e. The van der Waals surface area contributed by atoms with Crippen molar-refractivity contribution in [2.45, 2.75) is 26.7 Å². The molecule has 4 aromatic rings. The molecule has 0 aliphatic heterocycles. The molecule has 0 unspecified atom stereocenters. The first-order valence-corrected chi connectivity index (χ1v) is 10.5. The number of aryl methyl sites for hydroxylation is 1. The van der Waals surface area contributed by atoms with E-state index in [2.05, 4.69) is 5.16 Å². The number of nitrogens with zero attached hydrogens (tertiary/aromatic N) is 2. The van der Waals surface area contributed by atoms with Gasteiger partial charge in [-0.15, -0.1) is 0 Å². The smallest absolute Gasteiger partial charge is 0.328 e. The molecule has 2 heterocycles. The number of carbonyl (C=O) groups is 2. The lowest BCUT2D eigenvalue weighted by Gasteiger charge is -2.10. The summed E-state index contributed by atoms with van der Waals surface area (Å²) in [5, 5.41) is 14.4. The Morgan fingerprint density at radius 2 is 1.91 bits per heavy atom. The first-order chi connectivity index (χ1) is 15.3. The largest absolute Gasteiger partial charge is 0.478 e. The van der Waals surface area contributed by atoms with E-state index in [1.807, 2.05) is 39.0 Å². The summed E-state index contributed by atoms with van der Waals surface area (Å²) in [5.74, 6) is -0.927. The van der Waals surface area contributed by atoms with Crippen molar-refractivity contribution in [2.24, 2.45) is 0 Å². The number of carboxylic acids is 1. The zero-order valence-corrected chi connectivity index (χ0v) is 18.6. The van der Waals surface area contributed by atoms with Gasteiger partial charge in [-0.3, -0.25) is 9.36 Å². The van der Waals surface area contributed by atoms with Gasteiger partial charge in [-0.25, -0.2) is 4.79 Å². The molecule has 0 fully saturated rings. The quantitative estimate of drug-likeness (QED) is 0.369. The van der Waals surface area contributed by atoms with Crippen molar-refractivity contribution in [1.82, 2.24) is 9.72 Å². The van der Waals surface area contributed by atoms with Crippen molar-refractivity contribution in [3.63, 3.8) is 0 Å². The Hall–Kier alpha value is -3.64. The number of rotatable bonds is 5. The van der Waals surface area contributed by atoms with Gasteiger partial charge in [0.1, 0.15) is 11.3 Å². The van der Waals surface area contributed by atoms with Crippen LogP contribution < -0.4 is 0 Å². The average molecular weight is 449 g/mol. The van der Waals surface area contributed by atoms with Gasteiger partial charge < -0.3 is 9.63 Å². The second-order valence-corrected chi connectivity index (χ2v) is 8.21. The molecule has 0 spiro atoms. The predicted octanol–water partition coefficient (Wildman–Crippen LogP) is 6.17. The maximum absolute atomic E-state index is 13.8. The van der Waals surface area contributed by atoms with Crippen LogP contribution in [0.5, 0.6) is 0 Å². The van der Waals surface area contributed by atoms with Crippen LogP contribution in [0.1, 0.15) is 47.0 Å². The molecule has 0 atom stereocenters. The lowest BCUT2D eigenvalue weighted by molar-refractivity contribution is -0.131. The third kappa shape index (κ3) is 3.74. The van der Waals surface area contributed by atoms with Crippen molar-refractivity contribution in [2.75, 3.05) is 0 Å². The summed E-state index contributed by atoms with van der Waals surface area (Å²) in [7, 11) is 0. The molecule has 7 heteroatoms. The van der Waals surface area contributed by atoms with Gasteiger partial charge in [-0.2, -0.15) is 0 Å². The van der Waals surface area contributed by atoms with Crippen LogP contribution in [0.15, 0.2) is 59.3 Å². The van der Waals surface area contributed by atoms with Gasteiger partial charge in [0.2, 0.25) is 0 Å². The summed E-state index contributed by atoms with van der Waals surface area (Å²) in [6.45, 7) is 5.78. The molecule has 4 rings (SSSR count). The van der Waals surface area contributed by atoms with E-state index >= 15 is 0 Å². The van der Waals surface area contributed by atoms with Gasteiger partial charge in [-0.1, -0.05) is 54.9 Å². The second kappa shape index (κ2) is 8.48. The van der Waals surface area contributed by atoms with Crippen molar-refractivity contribution >= 4 is 40.5 Å². The number of hydrogen-bond acceptors (Lipinski definition) is 4. The van der Waals surface area contributed by atoms with E-state index in [9.17, 15) is 9.59 Å². The van der Waals surface area contributed by atoms with Gasteiger partial charge in [-0.05, 0) is 42.3 Å². The molecule has 0 radical (unpaired) electrons. The molecule has 0 aliphatic rings. The summed E-state index contributed by atoms with van der Waals surface area (Å²) in [5.41, 5.74) is 3.67. The molecular weight excluding hydrogens is 428 g/mol. The second-order valence-electron chi connectivity index (χ2n) is 7.80. The fourth-order valence-electron chi connectivity index (χ4n) is 3.80. The van der Waals surface area contributed by atoms with Gasteiger partial charge in [0.25, 0.3) is 5.91 Å². The van der Waals surface area contributed by atoms with E-state index in [-0.39, 0.29) is 11.8 Å². The van der Waals surface area contributed by atoms with Crippen LogP contribution in [0, 0.1) is 6.92 Å². The van der Waals surface area contributed by atoms with Gasteiger partial charge in [0.05, 0.1) is 10.5 Å². The first kappa shape index (κ1) is 21.6. The molecule has 2 aromatic heterocycles. The summed E-state index contributed by atoms with van der Waals surface area (Å²) < 4.78 is 7.15. The Labute approximate surface area is 189 Å². The van der Waals surface area contributed by atoms with E-state index in [1.54, 1.807) is 30.5 Å². The number of hydrogen-bond donors (Lipinski definition) is 1. The topological polar surface area (TPSA) is 85.3 Å². The minimum absolute atomic E-state index is 0.0751. The van der Waals surface area contributed by atoms with Crippen LogP contribution in [-0.2, 0) is 4.79 Å². The Balaban J connectivity index is 1.91. The molecule has 2 aromatic carbocycles. The number of halogens is 1. The van der Waals surface area contributed by atoms with Crippen molar-refractivity contribution < 1.29 is 19.2 Å². The zero-order valence-electron chi connectivity index (χ0n) is 17.8. The monoisotopic (exact) mass is 448 g/mol. The fraction of sp³-hybridized carbons (Fsp3) is 0.160. The Kier molecular flexibility index (Phi) is 5.72. The molecule has 6 nitrogen and oxygen atoms in total. The third-order valence-corrected chi connectivity index (χ3v) is 5.62. The summed E-state index contributed by atoms with van der Waals surface area (Å²) >= 11 is 6.48. The number of carbonyl (C=O) groups excluding carboxylic acids is 1. The van der Waals surface area contributed by atoms with Crippen molar-refractivity contribution in [1.29, 1.82) is 0 Å². The van der Waals surface area contributed by atoms with Crippen LogP contribution in [0.4, 0.5) is 0 Å². The lowest BCUT2D eigenvalue weighted by Crippen LogP contribution is -2.14. The molecule has 32 heavy (non-hydrogen) atoms. The van der Waals surface area contributed by atoms with Gasteiger partial charge in [0.15, 0.2) is 5.76 Å². The number of benzene rings is 2. The molecular formula is C25H21ClN2O4. The van der Waals surface area contributed by atoms with Gasteiger partial charge >= 0.3 is 5.97 Å². The van der Waals surface area contributed by atoms with E-state index in [0.29, 0.717) is 38.7 Å². The normalized spacial score (nSPS) is 11.7. The van der Waals surface area contributed by atoms with Crippen LogP contribution in [-0.4, -0.2) is 26.7 Å². The van der Waals surface area contributed by atoms with Gasteiger partial charge in [0, 0.05) is 29.1 Å². The fourth-order valence-corrected chi connectivity index (χ4v) is 4.11. The Bertz CT molecular complexity index is 1360. The highest BCUT2D eigenvalue weighted by atomic mass is 35.5. The molecule has 0 saturated carbocycles. The average Bonchev–Trinajstić information content (AvgIpc) is 3.37. The van der Waals surface area contributed by atoms with Crippen LogP contribution in [0.2, 0.25) is 5.02 Å². The number of fused-ring (bicyclic) bond motifs is 1. The van der Waals surface area contributed by atoms with Crippen molar-refractivity contribution in [3.8, 4) is 11.3 Å². The lowest BCUT2D eigenvalue weighted by atomic mass is 9.97. The maximum atomic E-state index is 13.8. The maximum Gasteiger partial charge on any atom is 0.328 e. The SMILES string of the molecule is Cc1cccc(Cl)c1-c1noc(C(C)C)c1C(=O)n1ccc2c(/C=C/C(=O)O)cccc21. The highest BCUT2D eigenvalue weighted by Gasteiger charge is 2.29. The summed E-state index contributed by atoms with van der Waals surface area (Å²) in [4.78, 5) is 24.7. The molecule has 162 valence electrons. The zero-order chi connectivity index (χ0) is 23.0. The number of aromatic nitrogens is 2. The summed E-state index contributed by atoms with van der Waals surface area (Å²) in [6, 6.07) is 12.7. The third-order valence-electron chi connectivity index (χ3n) is 5.31. The Morgan fingerprint density at radius 1 is 1.16 bits per heavy atom. The molecule has 0 bridgehead atoms. The number of carboxylic acid groups (broad SMARTS) is 1.